The zero-order valence-electron chi connectivity index (χ0n) is 10.9. The number of hydrogen-bond acceptors (Lipinski definition) is 0. The van der Waals surface area contributed by atoms with Crippen LogP contribution in [-0.2, 0) is 6.42 Å². The van der Waals surface area contributed by atoms with Crippen molar-refractivity contribution in [2.45, 2.75) is 46.5 Å². The van der Waals surface area contributed by atoms with E-state index in [4.69, 9.17) is 0 Å². The van der Waals surface area contributed by atoms with Gasteiger partial charge in [-0.25, -0.2) is 0 Å². The Labute approximate surface area is 100 Å². The second-order valence-electron chi connectivity index (χ2n) is 4.68. The van der Waals surface area contributed by atoms with Crippen LogP contribution in [-0.4, -0.2) is 0 Å². The molecule has 0 aliphatic rings. The van der Waals surface area contributed by atoms with Crippen LogP contribution in [0.2, 0.25) is 0 Å². The van der Waals surface area contributed by atoms with E-state index in [0.717, 1.165) is 12.8 Å². The average Bonchev–Trinajstić information content (AvgIpc) is 2.27. The summed E-state index contributed by atoms with van der Waals surface area (Å²) < 4.78 is 0. The van der Waals surface area contributed by atoms with Gasteiger partial charge in [0.15, 0.2) is 0 Å². The average molecular weight is 214 g/mol. The van der Waals surface area contributed by atoms with E-state index >= 15 is 0 Å². The maximum atomic E-state index is 3.27. The van der Waals surface area contributed by atoms with E-state index in [2.05, 4.69) is 63.8 Å². The predicted octanol–water partition coefficient (Wildman–Crippen LogP) is 4.40. The van der Waals surface area contributed by atoms with Gasteiger partial charge < -0.3 is 0 Å². The third-order valence-corrected chi connectivity index (χ3v) is 2.71. The largest absolute Gasteiger partial charge is 0.103 e. The highest BCUT2D eigenvalue weighted by molar-refractivity contribution is 5.25. The fraction of sp³-hybridized carbons (Fsp3) is 0.500. The van der Waals surface area contributed by atoms with Gasteiger partial charge in [0.25, 0.3) is 0 Å². The molecule has 0 N–H and O–H groups in total. The SMILES string of the molecule is CCC#CC(C)Cc1ccc(C(C)C)cc1. The molecule has 0 saturated carbocycles. The first-order chi connectivity index (χ1) is 7.63. The number of benzene rings is 1. The molecule has 16 heavy (non-hydrogen) atoms. The van der Waals surface area contributed by atoms with Gasteiger partial charge in [0.05, 0.1) is 0 Å². The lowest BCUT2D eigenvalue weighted by atomic mass is 9.97. The Kier molecular flexibility index (Phi) is 5.12. The lowest BCUT2D eigenvalue weighted by molar-refractivity contribution is 0.748. The molecule has 0 aliphatic heterocycles. The normalized spacial score (nSPS) is 12.1. The van der Waals surface area contributed by atoms with Gasteiger partial charge in [-0.3, -0.25) is 0 Å². The molecular formula is C16H22. The highest BCUT2D eigenvalue weighted by Gasteiger charge is 2.02. The smallest absolute Gasteiger partial charge is 0.0214 e. The Balaban J connectivity index is 2.61. The molecule has 0 bridgehead atoms. The summed E-state index contributed by atoms with van der Waals surface area (Å²) in [6.07, 6.45) is 2.02. The zero-order chi connectivity index (χ0) is 12.0. The van der Waals surface area contributed by atoms with E-state index in [0.29, 0.717) is 11.8 Å². The Bertz CT molecular complexity index is 359. The lowest BCUT2D eigenvalue weighted by Gasteiger charge is -2.08. The van der Waals surface area contributed by atoms with E-state index in [-0.39, 0.29) is 0 Å². The quantitative estimate of drug-likeness (QED) is 0.654. The van der Waals surface area contributed by atoms with Crippen LogP contribution in [0.3, 0.4) is 0 Å². The highest BCUT2D eigenvalue weighted by Crippen LogP contribution is 2.16. The fourth-order valence-corrected chi connectivity index (χ4v) is 1.72. The molecule has 0 aliphatic carbocycles. The number of rotatable bonds is 3. The second kappa shape index (κ2) is 6.38. The van der Waals surface area contributed by atoms with Crippen LogP contribution in [0.25, 0.3) is 0 Å². The summed E-state index contributed by atoms with van der Waals surface area (Å²) in [5.41, 5.74) is 2.80. The van der Waals surface area contributed by atoms with Crippen molar-refractivity contribution in [1.29, 1.82) is 0 Å². The van der Waals surface area contributed by atoms with E-state index in [1.807, 2.05) is 0 Å². The summed E-state index contributed by atoms with van der Waals surface area (Å²) in [6.45, 7) is 8.74. The second-order valence-corrected chi connectivity index (χ2v) is 4.68. The maximum Gasteiger partial charge on any atom is 0.0214 e. The van der Waals surface area contributed by atoms with Gasteiger partial charge in [-0.05, 0) is 23.5 Å². The van der Waals surface area contributed by atoms with Crippen LogP contribution in [0.5, 0.6) is 0 Å². The monoisotopic (exact) mass is 214 g/mol. The third kappa shape index (κ3) is 4.11. The summed E-state index contributed by atoms with van der Waals surface area (Å²) >= 11 is 0. The van der Waals surface area contributed by atoms with E-state index in [9.17, 15) is 0 Å². The summed E-state index contributed by atoms with van der Waals surface area (Å²) in [7, 11) is 0. The minimum Gasteiger partial charge on any atom is -0.103 e. The third-order valence-electron chi connectivity index (χ3n) is 2.71. The molecule has 0 nitrogen and oxygen atoms in total. The molecule has 1 rings (SSSR count). The first-order valence-electron chi connectivity index (χ1n) is 6.20. The molecule has 0 aromatic heterocycles. The first-order valence-corrected chi connectivity index (χ1v) is 6.20. The lowest BCUT2D eigenvalue weighted by Crippen LogP contribution is -1.97. The molecule has 0 heterocycles. The van der Waals surface area contributed by atoms with Crippen molar-refractivity contribution >= 4 is 0 Å². The van der Waals surface area contributed by atoms with E-state index < -0.39 is 0 Å². The molecule has 1 atom stereocenters. The van der Waals surface area contributed by atoms with Gasteiger partial charge in [-0.2, -0.15) is 0 Å². The Hall–Kier alpha value is -1.22. The van der Waals surface area contributed by atoms with Gasteiger partial charge in [0.2, 0.25) is 0 Å². The van der Waals surface area contributed by atoms with Crippen LogP contribution < -0.4 is 0 Å². The molecular weight excluding hydrogens is 192 g/mol. The van der Waals surface area contributed by atoms with Crippen molar-refractivity contribution in [2.75, 3.05) is 0 Å². The van der Waals surface area contributed by atoms with Gasteiger partial charge >= 0.3 is 0 Å². The van der Waals surface area contributed by atoms with Gasteiger partial charge in [0.1, 0.15) is 0 Å². The molecule has 0 spiro atoms. The molecule has 1 aromatic rings. The summed E-state index contributed by atoms with van der Waals surface area (Å²) in [4.78, 5) is 0. The van der Waals surface area contributed by atoms with Crippen LogP contribution in [0.4, 0.5) is 0 Å². The van der Waals surface area contributed by atoms with E-state index in [1.54, 1.807) is 0 Å². The minimum absolute atomic E-state index is 0.463. The van der Waals surface area contributed by atoms with Gasteiger partial charge in [-0.15, -0.1) is 5.92 Å². The first kappa shape index (κ1) is 12.8. The molecule has 1 unspecified atom stereocenters. The molecule has 86 valence electrons. The van der Waals surface area contributed by atoms with Crippen molar-refractivity contribution in [3.63, 3.8) is 0 Å². The molecule has 0 radical (unpaired) electrons. The molecule has 0 heteroatoms. The predicted molar refractivity (Wildman–Crippen MR) is 71.5 cm³/mol. The van der Waals surface area contributed by atoms with Crippen molar-refractivity contribution < 1.29 is 0 Å². The zero-order valence-corrected chi connectivity index (χ0v) is 10.9. The summed E-state index contributed by atoms with van der Waals surface area (Å²) in [5.74, 6) is 7.50. The fourth-order valence-electron chi connectivity index (χ4n) is 1.72. The van der Waals surface area contributed by atoms with Crippen LogP contribution in [0, 0.1) is 17.8 Å². The molecule has 0 amide bonds. The topological polar surface area (TPSA) is 0 Å². The highest BCUT2D eigenvalue weighted by atomic mass is 14.1. The molecule has 1 aromatic carbocycles. The van der Waals surface area contributed by atoms with Crippen molar-refractivity contribution in [3.05, 3.63) is 35.4 Å². The van der Waals surface area contributed by atoms with Crippen molar-refractivity contribution in [3.8, 4) is 11.8 Å². The van der Waals surface area contributed by atoms with Crippen LogP contribution in [0.1, 0.15) is 51.2 Å². The Morgan fingerprint density at radius 2 is 1.69 bits per heavy atom. The maximum absolute atomic E-state index is 3.27. The summed E-state index contributed by atoms with van der Waals surface area (Å²) in [5, 5.41) is 0. The Morgan fingerprint density at radius 1 is 1.06 bits per heavy atom. The minimum atomic E-state index is 0.463. The van der Waals surface area contributed by atoms with Crippen molar-refractivity contribution in [1.82, 2.24) is 0 Å². The van der Waals surface area contributed by atoms with Crippen LogP contribution in [0.15, 0.2) is 24.3 Å². The molecule has 0 saturated heterocycles. The summed E-state index contributed by atoms with van der Waals surface area (Å²) in [6, 6.07) is 8.94. The van der Waals surface area contributed by atoms with Crippen molar-refractivity contribution in [2.24, 2.45) is 5.92 Å². The van der Waals surface area contributed by atoms with E-state index in [1.165, 1.54) is 11.1 Å². The number of hydrogen-bond donors (Lipinski definition) is 0. The van der Waals surface area contributed by atoms with Gasteiger partial charge in [0, 0.05) is 12.3 Å². The Morgan fingerprint density at radius 3 is 2.19 bits per heavy atom. The van der Waals surface area contributed by atoms with Crippen LogP contribution >= 0.6 is 0 Å². The standard InChI is InChI=1S/C16H22/c1-5-6-7-14(4)12-15-8-10-16(11-9-15)13(2)3/h8-11,13-14H,5,12H2,1-4H3. The molecule has 0 fully saturated rings. The van der Waals surface area contributed by atoms with Gasteiger partial charge in [-0.1, -0.05) is 57.9 Å².